The molecule has 0 saturated carbocycles. The second-order valence-electron chi connectivity index (χ2n) is 5.44. The van der Waals surface area contributed by atoms with Gasteiger partial charge in [-0.15, -0.1) is 0 Å². The fourth-order valence-corrected chi connectivity index (χ4v) is 2.96. The molecule has 1 heterocycles. The van der Waals surface area contributed by atoms with E-state index in [9.17, 15) is 9.50 Å². The first-order valence-electron chi connectivity index (χ1n) is 6.03. The van der Waals surface area contributed by atoms with Crippen molar-refractivity contribution in [2.24, 2.45) is 0 Å². The molecule has 2 atom stereocenters. The van der Waals surface area contributed by atoms with Crippen LogP contribution in [0.4, 0.5) is 4.39 Å². The fraction of sp³-hybridized carbons (Fsp3) is 0.571. The molecule has 0 aromatic heterocycles. The summed E-state index contributed by atoms with van der Waals surface area (Å²) in [6.45, 7) is 6.29. The molecular formula is C14H20FNO. The molecule has 3 heteroatoms. The highest BCUT2D eigenvalue weighted by Crippen LogP contribution is 2.38. The molecule has 1 N–H and O–H groups in total. The second kappa shape index (κ2) is 4.07. The molecule has 1 aromatic rings. The van der Waals surface area contributed by atoms with Gasteiger partial charge in [0, 0.05) is 18.2 Å². The number of hydrogen-bond acceptors (Lipinski definition) is 2. The van der Waals surface area contributed by atoms with Gasteiger partial charge in [0.15, 0.2) is 0 Å². The predicted molar refractivity (Wildman–Crippen MR) is 66.5 cm³/mol. The predicted octanol–water partition coefficient (Wildman–Crippen LogP) is 2.35. The topological polar surface area (TPSA) is 23.5 Å². The molecule has 1 aliphatic heterocycles. The number of hydrogen-bond donors (Lipinski definition) is 1. The Labute approximate surface area is 102 Å². The lowest BCUT2D eigenvalue weighted by molar-refractivity contribution is 0.0442. The minimum absolute atomic E-state index is 0.278. The summed E-state index contributed by atoms with van der Waals surface area (Å²) in [7, 11) is 1.96. The van der Waals surface area contributed by atoms with Gasteiger partial charge in [0.05, 0.1) is 0 Å². The van der Waals surface area contributed by atoms with Crippen molar-refractivity contribution in [2.75, 3.05) is 13.6 Å². The van der Waals surface area contributed by atoms with Crippen LogP contribution in [0.15, 0.2) is 12.1 Å². The van der Waals surface area contributed by atoms with E-state index in [1.54, 1.807) is 0 Å². The van der Waals surface area contributed by atoms with Gasteiger partial charge in [0.2, 0.25) is 0 Å². The van der Waals surface area contributed by atoms with Gasteiger partial charge in [-0.05, 0) is 51.4 Å². The van der Waals surface area contributed by atoms with Crippen LogP contribution in [-0.4, -0.2) is 29.6 Å². The molecule has 0 aliphatic carbocycles. The van der Waals surface area contributed by atoms with E-state index in [2.05, 4.69) is 11.8 Å². The summed E-state index contributed by atoms with van der Waals surface area (Å²) in [5.74, 6) is -0.285. The molecule has 1 fully saturated rings. The smallest absolute Gasteiger partial charge is 0.129 e. The number of likely N-dealkylation sites (tertiary alicyclic amines) is 1. The molecule has 2 rings (SSSR count). The van der Waals surface area contributed by atoms with E-state index in [-0.39, 0.29) is 11.9 Å². The Morgan fingerprint density at radius 1 is 1.41 bits per heavy atom. The molecule has 0 bridgehead atoms. The molecule has 0 amide bonds. The zero-order valence-electron chi connectivity index (χ0n) is 10.9. The van der Waals surface area contributed by atoms with E-state index in [4.69, 9.17) is 0 Å². The Bertz CT molecular complexity index is 411. The molecule has 1 saturated heterocycles. The summed E-state index contributed by atoms with van der Waals surface area (Å²) in [6.07, 6.45) is 0.588. The van der Waals surface area contributed by atoms with Crippen LogP contribution in [0.2, 0.25) is 0 Å². The maximum atomic E-state index is 14.1. The van der Waals surface area contributed by atoms with Crippen LogP contribution >= 0.6 is 0 Å². The summed E-state index contributed by atoms with van der Waals surface area (Å²) in [4.78, 5) is 2.07. The van der Waals surface area contributed by atoms with Crippen LogP contribution < -0.4 is 0 Å². The molecule has 2 unspecified atom stereocenters. The maximum absolute atomic E-state index is 14.1. The Hall–Kier alpha value is -0.930. The zero-order valence-corrected chi connectivity index (χ0v) is 10.9. The van der Waals surface area contributed by atoms with Gasteiger partial charge in [-0.2, -0.15) is 0 Å². The number of β-amino-alcohol motifs (C(OH)–C–C–N with tert-alkyl or cyclic N) is 1. The maximum Gasteiger partial charge on any atom is 0.129 e. The van der Waals surface area contributed by atoms with Gasteiger partial charge in [0.25, 0.3) is 0 Å². The number of aryl methyl sites for hydroxylation is 2. The lowest BCUT2D eigenvalue weighted by Crippen LogP contribution is -2.31. The molecule has 1 aliphatic rings. The number of aliphatic hydroxyl groups is 1. The Balaban J connectivity index is 2.48. The SMILES string of the molecule is Cc1cc(C)c(C2(O)CC(C)N(C)C2)c(F)c1. The van der Waals surface area contributed by atoms with Gasteiger partial charge < -0.3 is 10.0 Å². The van der Waals surface area contributed by atoms with Gasteiger partial charge in [-0.1, -0.05) is 6.07 Å². The molecule has 17 heavy (non-hydrogen) atoms. The van der Waals surface area contributed by atoms with E-state index in [1.165, 1.54) is 6.07 Å². The lowest BCUT2D eigenvalue weighted by Gasteiger charge is -2.25. The number of nitrogens with zero attached hydrogens (tertiary/aromatic N) is 1. The van der Waals surface area contributed by atoms with Crippen LogP contribution in [0.25, 0.3) is 0 Å². The molecule has 1 aromatic carbocycles. The summed E-state index contributed by atoms with van der Waals surface area (Å²) in [5, 5.41) is 10.7. The quantitative estimate of drug-likeness (QED) is 0.810. The van der Waals surface area contributed by atoms with E-state index in [1.807, 2.05) is 27.0 Å². The standard InChI is InChI=1S/C14H20FNO/c1-9-5-10(2)13(12(15)6-9)14(17)7-11(3)16(4)8-14/h5-6,11,17H,7-8H2,1-4H3. The normalized spacial score (nSPS) is 29.9. The molecule has 2 nitrogen and oxygen atoms in total. The molecule has 94 valence electrons. The molecular weight excluding hydrogens is 217 g/mol. The summed E-state index contributed by atoms with van der Waals surface area (Å²) < 4.78 is 14.1. The second-order valence-corrected chi connectivity index (χ2v) is 5.44. The van der Waals surface area contributed by atoms with Crippen molar-refractivity contribution in [1.29, 1.82) is 0 Å². The highest BCUT2D eigenvalue weighted by atomic mass is 19.1. The monoisotopic (exact) mass is 237 g/mol. The van der Waals surface area contributed by atoms with Gasteiger partial charge in [0.1, 0.15) is 11.4 Å². The summed E-state index contributed by atoms with van der Waals surface area (Å²) in [5.41, 5.74) is 1.16. The van der Waals surface area contributed by atoms with Crippen LogP contribution in [0.5, 0.6) is 0 Å². The first kappa shape index (κ1) is 12.5. The van der Waals surface area contributed by atoms with Gasteiger partial charge >= 0.3 is 0 Å². The van der Waals surface area contributed by atoms with Crippen molar-refractivity contribution in [3.05, 3.63) is 34.6 Å². The average molecular weight is 237 g/mol. The first-order valence-corrected chi connectivity index (χ1v) is 6.03. The number of benzene rings is 1. The highest BCUT2D eigenvalue weighted by Gasteiger charge is 2.42. The van der Waals surface area contributed by atoms with E-state index in [0.29, 0.717) is 18.5 Å². The lowest BCUT2D eigenvalue weighted by atomic mass is 9.87. The zero-order chi connectivity index (χ0) is 12.8. The van der Waals surface area contributed by atoms with Crippen molar-refractivity contribution >= 4 is 0 Å². The van der Waals surface area contributed by atoms with Crippen molar-refractivity contribution in [1.82, 2.24) is 4.90 Å². The van der Waals surface area contributed by atoms with Crippen molar-refractivity contribution in [2.45, 2.75) is 38.8 Å². The highest BCUT2D eigenvalue weighted by molar-refractivity contribution is 5.37. The number of likely N-dealkylation sites (N-methyl/N-ethyl adjacent to an activating group) is 1. The van der Waals surface area contributed by atoms with Crippen LogP contribution in [0, 0.1) is 19.7 Å². The van der Waals surface area contributed by atoms with Crippen LogP contribution in [0.1, 0.15) is 30.0 Å². The van der Waals surface area contributed by atoms with Gasteiger partial charge in [-0.3, -0.25) is 0 Å². The van der Waals surface area contributed by atoms with Crippen LogP contribution in [-0.2, 0) is 5.60 Å². The van der Waals surface area contributed by atoms with Crippen molar-refractivity contribution in [3.63, 3.8) is 0 Å². The fourth-order valence-electron chi connectivity index (χ4n) is 2.96. The van der Waals surface area contributed by atoms with Crippen molar-refractivity contribution in [3.8, 4) is 0 Å². The minimum Gasteiger partial charge on any atom is -0.384 e. The first-order chi connectivity index (χ1) is 7.83. The third-order valence-electron chi connectivity index (χ3n) is 3.79. The Kier molecular flexibility index (Phi) is 3.00. The third-order valence-corrected chi connectivity index (χ3v) is 3.79. The summed E-state index contributed by atoms with van der Waals surface area (Å²) >= 11 is 0. The minimum atomic E-state index is -1.05. The number of rotatable bonds is 1. The third kappa shape index (κ3) is 2.09. The van der Waals surface area contributed by atoms with E-state index in [0.717, 1.165) is 11.1 Å². The molecule has 0 radical (unpaired) electrons. The van der Waals surface area contributed by atoms with Crippen LogP contribution in [0.3, 0.4) is 0 Å². The van der Waals surface area contributed by atoms with E-state index >= 15 is 0 Å². The van der Waals surface area contributed by atoms with Gasteiger partial charge in [-0.25, -0.2) is 4.39 Å². The largest absolute Gasteiger partial charge is 0.384 e. The average Bonchev–Trinajstić information content (AvgIpc) is 2.38. The van der Waals surface area contributed by atoms with Crippen molar-refractivity contribution < 1.29 is 9.50 Å². The Morgan fingerprint density at radius 2 is 2.06 bits per heavy atom. The van der Waals surface area contributed by atoms with E-state index < -0.39 is 5.60 Å². The molecule has 0 spiro atoms. The Morgan fingerprint density at radius 3 is 2.53 bits per heavy atom. The number of halogens is 1. The summed E-state index contributed by atoms with van der Waals surface area (Å²) in [6, 6.07) is 3.71.